The summed E-state index contributed by atoms with van der Waals surface area (Å²) in [5.41, 5.74) is 6.37. The Morgan fingerprint density at radius 1 is 1.11 bits per heavy atom. The second-order valence-electron chi connectivity index (χ2n) is 8.14. The lowest BCUT2D eigenvalue weighted by atomic mass is 9.92. The Balaban J connectivity index is 2.17. The fourth-order valence-corrected chi connectivity index (χ4v) is 3.70. The molecular formula is C28H24ClF3N2O3. The number of aliphatic imine (C=N–C) groups is 1. The van der Waals surface area contributed by atoms with Gasteiger partial charge in [0.2, 0.25) is 5.91 Å². The van der Waals surface area contributed by atoms with Gasteiger partial charge in [-0.2, -0.15) is 13.2 Å². The lowest BCUT2D eigenvalue weighted by molar-refractivity contribution is -0.0577. The Hall–Kier alpha value is -4.04. The highest BCUT2D eigenvalue weighted by Crippen LogP contribution is 2.44. The molecule has 0 fully saturated rings. The molecule has 0 aliphatic carbocycles. The van der Waals surface area contributed by atoms with Crippen LogP contribution in [-0.2, 0) is 6.61 Å². The average molecular weight is 529 g/mol. The largest absolute Gasteiger partial charge is 0.507 e. The molecular weight excluding hydrogens is 505 g/mol. The molecule has 9 heteroatoms. The third-order valence-electron chi connectivity index (χ3n) is 5.47. The molecule has 5 nitrogen and oxygen atoms in total. The third-order valence-corrected chi connectivity index (χ3v) is 5.72. The van der Waals surface area contributed by atoms with Crippen LogP contribution in [0.3, 0.4) is 0 Å². The number of carbonyl (C=O) groups excluding carboxylic acids is 1. The molecule has 0 saturated carbocycles. The predicted molar refractivity (Wildman–Crippen MR) is 140 cm³/mol. The number of phenolic OH excluding ortho intramolecular Hbond substituents is 1. The van der Waals surface area contributed by atoms with Crippen LogP contribution < -0.4 is 10.5 Å². The van der Waals surface area contributed by atoms with Crippen molar-refractivity contribution in [2.24, 2.45) is 10.7 Å². The smallest absolute Gasteiger partial charge is 0.432 e. The van der Waals surface area contributed by atoms with Gasteiger partial charge in [0.15, 0.2) is 0 Å². The van der Waals surface area contributed by atoms with Crippen molar-refractivity contribution >= 4 is 28.8 Å². The molecule has 0 heterocycles. The van der Waals surface area contributed by atoms with E-state index in [4.69, 9.17) is 22.1 Å². The zero-order valence-electron chi connectivity index (χ0n) is 20.1. The number of allylic oxidation sites excluding steroid dienone is 3. The van der Waals surface area contributed by atoms with E-state index in [1.807, 2.05) is 0 Å². The quantitative estimate of drug-likeness (QED) is 0.244. The molecule has 192 valence electrons. The number of phenols is 1. The summed E-state index contributed by atoms with van der Waals surface area (Å²) in [7, 11) is 1.04. The van der Waals surface area contributed by atoms with Gasteiger partial charge in [0.05, 0.1) is 5.56 Å². The number of benzene rings is 3. The molecule has 0 unspecified atom stereocenters. The summed E-state index contributed by atoms with van der Waals surface area (Å²) in [5, 5.41) is 11.9. The lowest BCUT2D eigenvalue weighted by Crippen LogP contribution is -2.21. The molecule has 0 atom stereocenters. The minimum atomic E-state index is -4.69. The van der Waals surface area contributed by atoms with Crippen molar-refractivity contribution in [1.82, 2.24) is 0 Å². The van der Waals surface area contributed by atoms with Crippen LogP contribution in [0.5, 0.6) is 11.5 Å². The first-order valence-corrected chi connectivity index (χ1v) is 11.4. The van der Waals surface area contributed by atoms with E-state index < -0.39 is 17.8 Å². The molecule has 0 aliphatic rings. The van der Waals surface area contributed by atoms with E-state index in [1.165, 1.54) is 25.1 Å². The van der Waals surface area contributed by atoms with Crippen molar-refractivity contribution < 1.29 is 27.8 Å². The number of halogens is 4. The number of amides is 1. The molecule has 3 aromatic rings. The number of alkyl halides is 3. The van der Waals surface area contributed by atoms with E-state index in [9.17, 15) is 23.1 Å². The molecule has 1 amide bonds. The first kappa shape index (κ1) is 27.5. The van der Waals surface area contributed by atoms with Gasteiger partial charge >= 0.3 is 6.18 Å². The Morgan fingerprint density at radius 2 is 1.73 bits per heavy atom. The number of nitrogens with zero attached hydrogens (tertiary/aromatic N) is 1. The second-order valence-corrected chi connectivity index (χ2v) is 8.57. The van der Waals surface area contributed by atoms with Gasteiger partial charge in [0.1, 0.15) is 23.8 Å². The Morgan fingerprint density at radius 3 is 2.24 bits per heavy atom. The van der Waals surface area contributed by atoms with Crippen LogP contribution in [0, 0.1) is 0 Å². The van der Waals surface area contributed by atoms with E-state index in [0.29, 0.717) is 10.6 Å². The molecule has 0 aromatic heterocycles. The van der Waals surface area contributed by atoms with Crippen molar-refractivity contribution in [2.45, 2.75) is 19.7 Å². The van der Waals surface area contributed by atoms with Gasteiger partial charge in [0.25, 0.3) is 0 Å². The van der Waals surface area contributed by atoms with Gasteiger partial charge in [-0.3, -0.25) is 9.79 Å². The summed E-state index contributed by atoms with van der Waals surface area (Å²) in [5.74, 6) is -0.689. The average Bonchev–Trinajstić information content (AvgIpc) is 2.84. The van der Waals surface area contributed by atoms with E-state index >= 15 is 0 Å². The maximum atomic E-state index is 13.4. The highest BCUT2D eigenvalue weighted by atomic mass is 35.5. The fourth-order valence-electron chi connectivity index (χ4n) is 3.57. The SMILES string of the molecule is C=C(C)/C(=C\C(=NC)C(F)(F)F)c1ccc(OCc2ccc(Cl)cc2)c(-c2ccc(C(N)=O)cc2)c1O. The highest BCUT2D eigenvalue weighted by molar-refractivity contribution is 6.30. The Labute approximate surface area is 217 Å². The van der Waals surface area contributed by atoms with Crippen LogP contribution in [-0.4, -0.2) is 29.9 Å². The van der Waals surface area contributed by atoms with Crippen molar-refractivity contribution in [2.75, 3.05) is 7.05 Å². The zero-order chi connectivity index (χ0) is 27.3. The van der Waals surface area contributed by atoms with Crippen molar-refractivity contribution in [3.8, 4) is 22.6 Å². The Bertz CT molecular complexity index is 1380. The van der Waals surface area contributed by atoms with Crippen LogP contribution in [0.2, 0.25) is 5.02 Å². The van der Waals surface area contributed by atoms with E-state index in [1.54, 1.807) is 42.5 Å². The second kappa shape index (κ2) is 11.3. The molecule has 0 spiro atoms. The number of carbonyl (C=O) groups is 1. The van der Waals surface area contributed by atoms with Crippen LogP contribution in [0.4, 0.5) is 13.2 Å². The van der Waals surface area contributed by atoms with E-state index in [0.717, 1.165) is 18.7 Å². The molecule has 3 N–H and O–H groups in total. The number of ether oxygens (including phenoxy) is 1. The number of hydrogen-bond donors (Lipinski definition) is 2. The normalized spacial score (nSPS) is 12.4. The molecule has 3 aromatic carbocycles. The van der Waals surface area contributed by atoms with Gasteiger partial charge in [-0.05, 0) is 66.1 Å². The third kappa shape index (κ3) is 6.59. The monoisotopic (exact) mass is 528 g/mol. The lowest BCUT2D eigenvalue weighted by Gasteiger charge is -2.19. The summed E-state index contributed by atoms with van der Waals surface area (Å²) in [6, 6.07) is 16.1. The maximum absolute atomic E-state index is 13.4. The molecule has 0 saturated heterocycles. The van der Waals surface area contributed by atoms with Gasteiger partial charge < -0.3 is 15.6 Å². The van der Waals surface area contributed by atoms with Gasteiger partial charge in [-0.15, -0.1) is 0 Å². The predicted octanol–water partition coefficient (Wildman–Crippen LogP) is 6.98. The molecule has 37 heavy (non-hydrogen) atoms. The van der Waals surface area contributed by atoms with E-state index in [-0.39, 0.29) is 45.9 Å². The topological polar surface area (TPSA) is 84.9 Å². The van der Waals surface area contributed by atoms with Crippen LogP contribution in [0.15, 0.2) is 83.9 Å². The van der Waals surface area contributed by atoms with Crippen LogP contribution >= 0.6 is 11.6 Å². The van der Waals surface area contributed by atoms with Crippen LogP contribution in [0.25, 0.3) is 16.7 Å². The van der Waals surface area contributed by atoms with Gasteiger partial charge in [-0.1, -0.05) is 48.0 Å². The zero-order valence-corrected chi connectivity index (χ0v) is 20.8. The number of aromatic hydroxyl groups is 1. The number of primary amides is 1. The summed E-state index contributed by atoms with van der Waals surface area (Å²) in [6.07, 6.45) is -3.86. The van der Waals surface area contributed by atoms with Crippen LogP contribution in [0.1, 0.15) is 28.4 Å². The number of nitrogens with two attached hydrogens (primary N) is 1. The minimum Gasteiger partial charge on any atom is -0.507 e. The van der Waals surface area contributed by atoms with Gasteiger partial charge in [-0.25, -0.2) is 0 Å². The molecule has 3 rings (SSSR count). The molecule has 0 aliphatic heterocycles. The van der Waals surface area contributed by atoms with Crippen molar-refractivity contribution in [3.63, 3.8) is 0 Å². The summed E-state index contributed by atoms with van der Waals surface area (Å²) >= 11 is 5.94. The maximum Gasteiger partial charge on any atom is 0.432 e. The fraction of sp³-hybridized carbons (Fsp3) is 0.143. The first-order valence-electron chi connectivity index (χ1n) is 11.0. The standard InChI is InChI=1S/C28H24ClF3N2O3/c1-16(2)22(14-24(34-3)28(30,31)32)21-12-13-23(37-15-17-4-10-20(29)11-5-17)25(26(21)35)18-6-8-19(9-7-18)27(33)36/h4-14,35H,1,15H2,2-3H3,(H2,33,36)/b22-14+,34-24?. The van der Waals surface area contributed by atoms with Crippen molar-refractivity contribution in [3.05, 3.63) is 101 Å². The molecule has 0 radical (unpaired) electrons. The highest BCUT2D eigenvalue weighted by Gasteiger charge is 2.34. The van der Waals surface area contributed by atoms with Gasteiger partial charge in [0, 0.05) is 23.2 Å². The number of hydrogen-bond acceptors (Lipinski definition) is 4. The van der Waals surface area contributed by atoms with Crippen molar-refractivity contribution in [1.29, 1.82) is 0 Å². The number of rotatable bonds is 8. The minimum absolute atomic E-state index is 0.0506. The first-order chi connectivity index (χ1) is 17.4. The summed E-state index contributed by atoms with van der Waals surface area (Å²) < 4.78 is 46.3. The summed E-state index contributed by atoms with van der Waals surface area (Å²) in [6.45, 7) is 5.45. The van der Waals surface area contributed by atoms with E-state index in [2.05, 4.69) is 11.6 Å². The summed E-state index contributed by atoms with van der Waals surface area (Å²) in [4.78, 5) is 14.9. The Kier molecular flexibility index (Phi) is 8.45. The molecule has 0 bridgehead atoms.